The second-order valence-electron chi connectivity index (χ2n) is 6.12. The van der Waals surface area contributed by atoms with E-state index in [1.807, 2.05) is 35.7 Å². The third-order valence-electron chi connectivity index (χ3n) is 4.47. The zero-order valence-corrected chi connectivity index (χ0v) is 14.8. The molecule has 2 aromatic heterocycles. The number of fused-ring (bicyclic) bond motifs is 1. The molecule has 0 saturated carbocycles. The zero-order chi connectivity index (χ0) is 17.2. The van der Waals surface area contributed by atoms with Crippen molar-refractivity contribution in [3.63, 3.8) is 0 Å². The average molecular weight is 346 g/mol. The largest absolute Gasteiger partial charge is 0.298 e. The normalized spacial score (nSPS) is 11.1. The lowest BCUT2D eigenvalue weighted by atomic mass is 10.0. The van der Waals surface area contributed by atoms with Crippen molar-refractivity contribution in [2.45, 2.75) is 19.9 Å². The molecule has 0 atom stereocenters. The average Bonchev–Trinajstić information content (AvgIpc) is 3.07. The molecule has 0 amide bonds. The second-order valence-corrected chi connectivity index (χ2v) is 7.00. The van der Waals surface area contributed by atoms with E-state index >= 15 is 0 Å². The first-order chi connectivity index (χ1) is 12.2. The Kier molecular flexibility index (Phi) is 4.20. The summed E-state index contributed by atoms with van der Waals surface area (Å²) in [4.78, 5) is 17.4. The highest BCUT2D eigenvalue weighted by atomic mass is 32.1. The third kappa shape index (κ3) is 3.01. The van der Waals surface area contributed by atoms with E-state index in [1.54, 1.807) is 10.9 Å². The molecule has 0 bridgehead atoms. The number of aryl methyl sites for hydroxylation is 3. The van der Waals surface area contributed by atoms with E-state index in [1.165, 1.54) is 22.5 Å². The minimum absolute atomic E-state index is 0.0470. The lowest BCUT2D eigenvalue weighted by molar-refractivity contribution is 0.663. The Labute approximate surface area is 150 Å². The van der Waals surface area contributed by atoms with Crippen LogP contribution in [0.1, 0.15) is 11.1 Å². The topological polar surface area (TPSA) is 34.9 Å². The molecular weight excluding hydrogens is 328 g/mol. The fourth-order valence-corrected chi connectivity index (χ4v) is 4.03. The number of hydrogen-bond acceptors (Lipinski definition) is 3. The minimum Gasteiger partial charge on any atom is -0.298 e. The van der Waals surface area contributed by atoms with Crippen molar-refractivity contribution in [2.75, 3.05) is 0 Å². The lowest BCUT2D eigenvalue weighted by Crippen LogP contribution is -2.20. The van der Waals surface area contributed by atoms with E-state index in [0.29, 0.717) is 6.54 Å². The van der Waals surface area contributed by atoms with Crippen LogP contribution in [-0.2, 0) is 13.0 Å². The fourth-order valence-electron chi connectivity index (χ4n) is 3.06. The van der Waals surface area contributed by atoms with Gasteiger partial charge in [0.25, 0.3) is 5.56 Å². The molecule has 0 spiro atoms. The smallest absolute Gasteiger partial charge is 0.271 e. The van der Waals surface area contributed by atoms with Gasteiger partial charge in [0.2, 0.25) is 0 Å². The molecule has 0 saturated heterocycles. The predicted octanol–water partition coefficient (Wildman–Crippen LogP) is 4.68. The molecule has 0 radical (unpaired) electrons. The maximum Gasteiger partial charge on any atom is 0.271 e. The summed E-state index contributed by atoms with van der Waals surface area (Å²) in [6.45, 7) is 2.73. The van der Waals surface area contributed by atoms with E-state index in [-0.39, 0.29) is 5.56 Å². The second kappa shape index (κ2) is 6.65. The van der Waals surface area contributed by atoms with Gasteiger partial charge in [0.05, 0.1) is 11.8 Å². The first kappa shape index (κ1) is 15.8. The van der Waals surface area contributed by atoms with Crippen LogP contribution < -0.4 is 5.56 Å². The summed E-state index contributed by atoms with van der Waals surface area (Å²) in [6, 6.07) is 18.4. The summed E-state index contributed by atoms with van der Waals surface area (Å²) in [6.07, 6.45) is 2.51. The molecule has 0 aliphatic carbocycles. The van der Waals surface area contributed by atoms with E-state index in [9.17, 15) is 4.79 Å². The Balaban J connectivity index is 1.70. The van der Waals surface area contributed by atoms with Gasteiger partial charge in [-0.1, -0.05) is 54.6 Å². The first-order valence-corrected chi connectivity index (χ1v) is 9.18. The standard InChI is InChI=1S/C21H18N2OS/c1-15-7-5-6-10-17(15)18-13-25-20-19(18)22-14-23(21(20)24)12-11-16-8-3-2-4-9-16/h2-10,13-14H,11-12H2,1H3. The summed E-state index contributed by atoms with van der Waals surface area (Å²) >= 11 is 1.48. The van der Waals surface area contributed by atoms with Gasteiger partial charge in [-0.3, -0.25) is 9.36 Å². The van der Waals surface area contributed by atoms with E-state index in [2.05, 4.69) is 36.2 Å². The van der Waals surface area contributed by atoms with E-state index in [4.69, 9.17) is 0 Å². The van der Waals surface area contributed by atoms with Gasteiger partial charge < -0.3 is 0 Å². The molecule has 3 nitrogen and oxygen atoms in total. The lowest BCUT2D eigenvalue weighted by Gasteiger charge is -2.07. The molecular formula is C21H18N2OS. The van der Waals surface area contributed by atoms with Crippen LogP contribution in [0, 0.1) is 6.92 Å². The first-order valence-electron chi connectivity index (χ1n) is 8.30. The zero-order valence-electron chi connectivity index (χ0n) is 14.0. The van der Waals surface area contributed by atoms with Crippen molar-refractivity contribution in [1.82, 2.24) is 9.55 Å². The van der Waals surface area contributed by atoms with Gasteiger partial charge in [-0.2, -0.15) is 0 Å². The van der Waals surface area contributed by atoms with Gasteiger partial charge in [0.15, 0.2) is 0 Å². The number of nitrogens with zero attached hydrogens (tertiary/aromatic N) is 2. The van der Waals surface area contributed by atoms with Crippen molar-refractivity contribution < 1.29 is 0 Å². The molecule has 124 valence electrons. The quantitative estimate of drug-likeness (QED) is 0.538. The fraction of sp³-hybridized carbons (Fsp3) is 0.143. The summed E-state index contributed by atoms with van der Waals surface area (Å²) in [5, 5.41) is 2.04. The Morgan fingerprint density at radius 1 is 1.00 bits per heavy atom. The van der Waals surface area contributed by atoms with Gasteiger partial charge in [-0.05, 0) is 30.0 Å². The van der Waals surface area contributed by atoms with E-state index in [0.717, 1.165) is 27.8 Å². The monoisotopic (exact) mass is 346 g/mol. The third-order valence-corrected chi connectivity index (χ3v) is 5.42. The van der Waals surface area contributed by atoms with Crippen LogP contribution in [-0.4, -0.2) is 9.55 Å². The molecule has 0 fully saturated rings. The van der Waals surface area contributed by atoms with Crippen LogP contribution >= 0.6 is 11.3 Å². The van der Waals surface area contributed by atoms with Crippen molar-refractivity contribution >= 4 is 21.6 Å². The molecule has 2 heterocycles. The van der Waals surface area contributed by atoms with Gasteiger partial charge in [-0.15, -0.1) is 11.3 Å². The van der Waals surface area contributed by atoms with Crippen molar-refractivity contribution in [1.29, 1.82) is 0 Å². The molecule has 4 aromatic rings. The molecule has 0 N–H and O–H groups in total. The van der Waals surface area contributed by atoms with Gasteiger partial charge in [0, 0.05) is 17.5 Å². The number of hydrogen-bond donors (Lipinski definition) is 0. The van der Waals surface area contributed by atoms with Crippen molar-refractivity contribution in [2.24, 2.45) is 0 Å². The summed E-state index contributed by atoms with van der Waals surface area (Å²) in [7, 11) is 0. The van der Waals surface area contributed by atoms with Crippen LogP contribution in [0.4, 0.5) is 0 Å². The van der Waals surface area contributed by atoms with Crippen LogP contribution in [0.25, 0.3) is 21.3 Å². The molecule has 0 aliphatic rings. The molecule has 2 aromatic carbocycles. The van der Waals surface area contributed by atoms with Crippen LogP contribution in [0.15, 0.2) is 71.1 Å². The maximum absolute atomic E-state index is 12.8. The molecule has 0 unspecified atom stereocenters. The number of aromatic nitrogens is 2. The number of rotatable bonds is 4. The summed E-state index contributed by atoms with van der Waals surface area (Å²) in [5.74, 6) is 0. The van der Waals surface area contributed by atoms with Crippen molar-refractivity contribution in [3.05, 3.63) is 87.8 Å². The molecule has 4 heteroatoms. The predicted molar refractivity (Wildman–Crippen MR) is 104 cm³/mol. The van der Waals surface area contributed by atoms with E-state index < -0.39 is 0 Å². The molecule has 25 heavy (non-hydrogen) atoms. The molecule has 0 aliphatic heterocycles. The number of benzene rings is 2. The van der Waals surface area contributed by atoms with Crippen LogP contribution in [0.5, 0.6) is 0 Å². The van der Waals surface area contributed by atoms with Crippen LogP contribution in [0.2, 0.25) is 0 Å². The maximum atomic E-state index is 12.8. The van der Waals surface area contributed by atoms with Crippen molar-refractivity contribution in [3.8, 4) is 11.1 Å². The van der Waals surface area contributed by atoms with Gasteiger partial charge >= 0.3 is 0 Å². The SMILES string of the molecule is Cc1ccccc1-c1csc2c(=O)n(CCc3ccccc3)cnc12. The molecule has 4 rings (SSSR count). The van der Waals surface area contributed by atoms with Gasteiger partial charge in [0.1, 0.15) is 4.70 Å². The highest BCUT2D eigenvalue weighted by Gasteiger charge is 2.13. The minimum atomic E-state index is 0.0470. The Morgan fingerprint density at radius 3 is 2.56 bits per heavy atom. The summed E-state index contributed by atoms with van der Waals surface area (Å²) in [5.41, 5.74) is 5.46. The van der Waals surface area contributed by atoms with Crippen LogP contribution in [0.3, 0.4) is 0 Å². The number of thiophene rings is 1. The highest BCUT2D eigenvalue weighted by Crippen LogP contribution is 2.32. The Bertz CT molecular complexity index is 1080. The van der Waals surface area contributed by atoms with Gasteiger partial charge in [-0.25, -0.2) is 4.98 Å². The Hall–Kier alpha value is -2.72. The highest BCUT2D eigenvalue weighted by molar-refractivity contribution is 7.17. The summed E-state index contributed by atoms with van der Waals surface area (Å²) < 4.78 is 2.45. The Morgan fingerprint density at radius 2 is 1.76 bits per heavy atom.